The van der Waals surface area contributed by atoms with E-state index in [2.05, 4.69) is 131 Å². The maximum absolute atomic E-state index is 7.04. The predicted molar refractivity (Wildman–Crippen MR) is 195 cm³/mol. The summed E-state index contributed by atoms with van der Waals surface area (Å²) in [5, 5.41) is 4.83. The van der Waals surface area contributed by atoms with E-state index < -0.39 is 0 Å². The zero-order valence-electron chi connectivity index (χ0n) is 25.0. The first kappa shape index (κ1) is 27.0. The minimum Gasteiger partial charge on any atom is -0.456 e. The van der Waals surface area contributed by atoms with Crippen molar-refractivity contribution in [1.82, 2.24) is 9.88 Å². The van der Waals surface area contributed by atoms with E-state index in [1.165, 1.54) is 30.3 Å². The fourth-order valence-corrected chi connectivity index (χ4v) is 8.68. The summed E-state index contributed by atoms with van der Waals surface area (Å²) in [7, 11) is 2.10. The molecule has 0 N–H and O–H groups in total. The Labute approximate surface area is 274 Å². The third-order valence-electron chi connectivity index (χ3n) is 8.43. The number of aromatic nitrogens is 1. The van der Waals surface area contributed by atoms with Crippen LogP contribution in [0, 0.1) is 0 Å². The maximum atomic E-state index is 7.04. The molecule has 5 nitrogen and oxygen atoms in total. The predicted octanol–water partition coefficient (Wildman–Crippen LogP) is 11.3. The highest BCUT2D eigenvalue weighted by atomic mass is 32.1. The second-order valence-corrected chi connectivity index (χ2v) is 13.6. The molecule has 0 fully saturated rings. The van der Waals surface area contributed by atoms with Crippen LogP contribution in [0.4, 0.5) is 22.9 Å². The van der Waals surface area contributed by atoms with Gasteiger partial charge in [0.2, 0.25) is 0 Å². The van der Waals surface area contributed by atoms with E-state index in [-0.39, 0.29) is 0 Å². The molecule has 9 rings (SSSR count). The van der Waals surface area contributed by atoms with Crippen molar-refractivity contribution in [2.45, 2.75) is 0 Å². The highest BCUT2D eigenvalue weighted by Gasteiger charge is 2.22. The summed E-state index contributed by atoms with van der Waals surface area (Å²) in [5.41, 5.74) is 3.17. The minimum atomic E-state index is 0.791. The fraction of sp³-hybridized carbons (Fsp3) is 0.0513. The zero-order valence-corrected chi connectivity index (χ0v) is 26.6. The second-order valence-electron chi connectivity index (χ2n) is 11.5. The molecule has 8 aromatic rings. The fourth-order valence-electron chi connectivity index (χ4n) is 6.33. The quantitative estimate of drug-likeness (QED) is 0.182. The number of anilines is 4. The highest BCUT2D eigenvalue weighted by molar-refractivity contribution is 7.26. The summed E-state index contributed by atoms with van der Waals surface area (Å²) >= 11 is 3.61. The van der Waals surface area contributed by atoms with Crippen LogP contribution < -0.4 is 14.5 Å². The van der Waals surface area contributed by atoms with Crippen LogP contribution in [0.2, 0.25) is 0 Å². The summed E-state index contributed by atoms with van der Waals surface area (Å²) in [6.07, 6.45) is 6.11. The van der Waals surface area contributed by atoms with Gasteiger partial charge in [-0.2, -0.15) is 0 Å². The largest absolute Gasteiger partial charge is 0.456 e. The van der Waals surface area contributed by atoms with Crippen LogP contribution >= 0.6 is 22.7 Å². The van der Waals surface area contributed by atoms with Gasteiger partial charge in [0.25, 0.3) is 0 Å². The lowest BCUT2D eigenvalue weighted by Gasteiger charge is -2.25. The number of hydrogen-bond acceptors (Lipinski definition) is 7. The lowest BCUT2D eigenvalue weighted by atomic mass is 10.1. The molecule has 0 unspecified atom stereocenters. The third kappa shape index (κ3) is 4.55. The van der Waals surface area contributed by atoms with E-state index >= 15 is 0 Å². The van der Waals surface area contributed by atoms with Gasteiger partial charge < -0.3 is 14.5 Å². The van der Waals surface area contributed by atoms with Gasteiger partial charge in [0.05, 0.1) is 27.4 Å². The van der Waals surface area contributed by atoms with E-state index in [1.807, 2.05) is 41.8 Å². The van der Waals surface area contributed by atoms with E-state index in [4.69, 9.17) is 9.72 Å². The molecule has 4 heterocycles. The van der Waals surface area contributed by atoms with Gasteiger partial charge in [-0.05, 0) is 48.5 Å². The zero-order chi connectivity index (χ0) is 30.6. The van der Waals surface area contributed by atoms with Crippen molar-refractivity contribution in [2.24, 2.45) is 0 Å². The minimum absolute atomic E-state index is 0.791. The molecule has 0 bridgehead atoms. The van der Waals surface area contributed by atoms with Crippen molar-refractivity contribution in [2.75, 3.05) is 23.5 Å². The van der Waals surface area contributed by atoms with Gasteiger partial charge in [-0.25, -0.2) is 4.98 Å². The number of thiophene rings is 2. The first-order chi connectivity index (χ1) is 22.7. The molecule has 222 valence electrons. The normalized spacial score (nSPS) is 13.1. The number of pyridine rings is 1. The van der Waals surface area contributed by atoms with Gasteiger partial charge in [0, 0.05) is 74.4 Å². The van der Waals surface area contributed by atoms with Crippen LogP contribution in [0.3, 0.4) is 0 Å². The average molecular weight is 633 g/mol. The molecule has 0 saturated carbocycles. The van der Waals surface area contributed by atoms with Crippen molar-refractivity contribution >= 4 is 85.9 Å². The number of para-hydroxylation sites is 1. The van der Waals surface area contributed by atoms with Crippen LogP contribution in [0.25, 0.3) is 40.3 Å². The van der Waals surface area contributed by atoms with E-state index in [0.717, 1.165) is 51.1 Å². The van der Waals surface area contributed by atoms with E-state index in [9.17, 15) is 0 Å². The Morgan fingerprint density at radius 3 is 2.07 bits per heavy atom. The van der Waals surface area contributed by atoms with Gasteiger partial charge in [0.15, 0.2) is 0 Å². The Kier molecular flexibility index (Phi) is 6.40. The molecular formula is C39H28N4OS2. The number of hydrogen-bond donors (Lipinski definition) is 0. The maximum Gasteiger partial charge on any atom is 0.147 e. The molecule has 46 heavy (non-hydrogen) atoms. The van der Waals surface area contributed by atoms with Gasteiger partial charge in [-0.3, -0.25) is 4.90 Å². The van der Waals surface area contributed by atoms with Crippen molar-refractivity contribution < 1.29 is 4.74 Å². The summed E-state index contributed by atoms with van der Waals surface area (Å²) in [6, 6.07) is 42.5. The molecule has 0 atom stereocenters. The molecule has 7 heteroatoms. The van der Waals surface area contributed by atoms with Gasteiger partial charge in [-0.15, -0.1) is 22.7 Å². The number of rotatable bonds is 6. The topological polar surface area (TPSA) is 31.8 Å². The standard InChI is InChI=1S/C39H28N4OS2/c1-41-19-20-42(25-41)33-24-28(23-32-30-14-6-7-15-35(30)45-38(32)33)44-34-22-27(21-31-29-13-5-8-16-36(29)46-39(31)34)43(26-11-3-2-4-12-26)37-17-9-10-18-40-37/h2-24H,25H2,1H3. The molecule has 0 radical (unpaired) electrons. The Hall–Kier alpha value is -5.37. The molecule has 0 amide bonds. The SMILES string of the molecule is CN1C=CN(c2cc(Oc3cc(N(c4ccccc4)c4ccccn4)cc4c3sc3ccccc34)cc3c2sc2ccccc23)C1. The van der Waals surface area contributed by atoms with Crippen LogP contribution in [-0.2, 0) is 0 Å². The number of nitrogens with zero attached hydrogens (tertiary/aromatic N) is 4. The molecule has 0 aliphatic carbocycles. The number of ether oxygens (including phenoxy) is 1. The Balaban J connectivity index is 1.27. The van der Waals surface area contributed by atoms with E-state index in [0.29, 0.717) is 0 Å². The van der Waals surface area contributed by atoms with E-state index in [1.54, 1.807) is 11.3 Å². The number of benzene rings is 5. The van der Waals surface area contributed by atoms with Gasteiger partial charge in [0.1, 0.15) is 17.3 Å². The Morgan fingerprint density at radius 1 is 0.652 bits per heavy atom. The van der Waals surface area contributed by atoms with Crippen molar-refractivity contribution in [3.8, 4) is 11.5 Å². The second kappa shape index (κ2) is 10.9. The average Bonchev–Trinajstić information content (AvgIpc) is 3.81. The molecule has 1 aliphatic rings. The molecule has 3 aromatic heterocycles. The summed E-state index contributed by atoms with van der Waals surface area (Å²) in [6.45, 7) is 0.791. The van der Waals surface area contributed by atoms with Crippen LogP contribution in [0.1, 0.15) is 0 Å². The molecule has 5 aromatic carbocycles. The summed E-state index contributed by atoms with van der Waals surface area (Å²) in [5.74, 6) is 2.48. The first-order valence-corrected chi connectivity index (χ1v) is 16.8. The monoisotopic (exact) mass is 632 g/mol. The molecule has 1 aliphatic heterocycles. The van der Waals surface area contributed by atoms with Gasteiger partial charge >= 0.3 is 0 Å². The number of fused-ring (bicyclic) bond motifs is 6. The highest BCUT2D eigenvalue weighted by Crippen LogP contribution is 2.48. The van der Waals surface area contributed by atoms with Crippen molar-refractivity contribution in [1.29, 1.82) is 0 Å². The third-order valence-corrected chi connectivity index (χ3v) is 10.8. The van der Waals surface area contributed by atoms with Gasteiger partial charge in [-0.1, -0.05) is 60.7 Å². The van der Waals surface area contributed by atoms with Crippen LogP contribution in [0.15, 0.2) is 140 Å². The van der Waals surface area contributed by atoms with Crippen molar-refractivity contribution in [3.63, 3.8) is 0 Å². The van der Waals surface area contributed by atoms with Crippen LogP contribution in [-0.4, -0.2) is 23.6 Å². The first-order valence-electron chi connectivity index (χ1n) is 15.2. The molecular weight excluding hydrogens is 605 g/mol. The smallest absolute Gasteiger partial charge is 0.147 e. The molecule has 0 saturated heterocycles. The Morgan fingerprint density at radius 2 is 1.35 bits per heavy atom. The summed E-state index contributed by atoms with van der Waals surface area (Å²) in [4.78, 5) is 11.5. The lowest BCUT2D eigenvalue weighted by Crippen LogP contribution is -2.21. The molecule has 0 spiro atoms. The van der Waals surface area contributed by atoms with Crippen molar-refractivity contribution in [3.05, 3.63) is 140 Å². The Bertz CT molecular complexity index is 2380. The summed E-state index contributed by atoms with van der Waals surface area (Å²) < 4.78 is 11.9. The lowest BCUT2D eigenvalue weighted by molar-refractivity contribution is 0.487. The van der Waals surface area contributed by atoms with Crippen LogP contribution in [0.5, 0.6) is 11.5 Å².